The fraction of sp³-hybridized carbons (Fsp3) is 0.474. The fourth-order valence-corrected chi connectivity index (χ4v) is 6.69. The van der Waals surface area contributed by atoms with Crippen LogP contribution in [0.1, 0.15) is 33.6 Å². The molecule has 0 radical (unpaired) electrons. The molecule has 0 unspecified atom stereocenters. The molecule has 0 atom stereocenters. The summed E-state index contributed by atoms with van der Waals surface area (Å²) in [5, 5.41) is 2.67. The summed E-state index contributed by atoms with van der Waals surface area (Å²) in [7, 11) is -0.625. The van der Waals surface area contributed by atoms with Gasteiger partial charge in [-0.15, -0.1) is 0 Å². The first kappa shape index (κ1) is 14.8. The van der Waals surface area contributed by atoms with Crippen molar-refractivity contribution in [1.29, 1.82) is 0 Å². The largest absolute Gasteiger partial charge is 0.488 e. The average Bonchev–Trinajstić information content (AvgIpc) is 2.85. The third-order valence-corrected chi connectivity index (χ3v) is 8.03. The molecule has 1 fully saturated rings. The molecule has 0 aliphatic carbocycles. The smallest absolute Gasteiger partial charge is 0.127 e. The van der Waals surface area contributed by atoms with Crippen LogP contribution in [0.25, 0.3) is 10.8 Å². The lowest BCUT2D eigenvalue weighted by Crippen LogP contribution is -2.23. The highest BCUT2D eigenvalue weighted by molar-refractivity contribution is 8.33. The van der Waals surface area contributed by atoms with Crippen LogP contribution < -0.4 is 4.74 Å². The van der Waals surface area contributed by atoms with Gasteiger partial charge in [-0.3, -0.25) is 0 Å². The number of ether oxygens (including phenoxy) is 1. The van der Waals surface area contributed by atoms with E-state index in [-0.39, 0.29) is 5.60 Å². The van der Waals surface area contributed by atoms with Gasteiger partial charge in [-0.25, -0.2) is 10.0 Å². The van der Waals surface area contributed by atoms with Crippen LogP contribution in [0, 0.1) is 0 Å². The van der Waals surface area contributed by atoms with Crippen molar-refractivity contribution in [2.75, 3.05) is 17.8 Å². The standard InChI is InChI=1S/C19H26OS/c1-19(2,3)20-17-11-12-18(21(4)13-7-8-14-21)16-10-6-5-9-15(16)17/h5-6,9-12H,7-8,13-14H2,1-4H3. The van der Waals surface area contributed by atoms with Crippen molar-refractivity contribution in [2.24, 2.45) is 0 Å². The SMILES string of the molecule is CC(C)(C)Oc1ccc(S2(C)CCCC2)c2ccccc12. The van der Waals surface area contributed by atoms with Gasteiger partial charge in [-0.2, -0.15) is 0 Å². The Kier molecular flexibility index (Phi) is 3.69. The van der Waals surface area contributed by atoms with Crippen LogP contribution in [0.15, 0.2) is 41.3 Å². The molecule has 2 heteroatoms. The van der Waals surface area contributed by atoms with Gasteiger partial charge in [-0.1, -0.05) is 24.3 Å². The van der Waals surface area contributed by atoms with E-state index in [1.807, 2.05) is 0 Å². The summed E-state index contributed by atoms with van der Waals surface area (Å²) in [5.41, 5.74) is -0.158. The Morgan fingerprint density at radius 3 is 2.14 bits per heavy atom. The lowest BCUT2D eigenvalue weighted by atomic mass is 10.1. The summed E-state index contributed by atoms with van der Waals surface area (Å²) < 4.78 is 6.17. The molecule has 2 aromatic rings. The topological polar surface area (TPSA) is 9.23 Å². The van der Waals surface area contributed by atoms with Gasteiger partial charge in [0.25, 0.3) is 0 Å². The van der Waals surface area contributed by atoms with Crippen LogP contribution in [-0.4, -0.2) is 23.4 Å². The highest BCUT2D eigenvalue weighted by Crippen LogP contribution is 2.60. The van der Waals surface area contributed by atoms with Crippen molar-refractivity contribution < 1.29 is 4.74 Å². The minimum absolute atomic E-state index is 0.158. The minimum Gasteiger partial charge on any atom is -0.488 e. The van der Waals surface area contributed by atoms with Gasteiger partial charge in [-0.05, 0) is 73.8 Å². The molecule has 0 saturated carbocycles. The molecular formula is C19H26OS. The molecule has 0 bridgehead atoms. The van der Waals surface area contributed by atoms with Crippen LogP contribution in [0.5, 0.6) is 5.75 Å². The Morgan fingerprint density at radius 1 is 0.905 bits per heavy atom. The zero-order valence-electron chi connectivity index (χ0n) is 13.6. The Labute approximate surface area is 130 Å². The van der Waals surface area contributed by atoms with E-state index in [0.29, 0.717) is 0 Å². The first-order valence-electron chi connectivity index (χ1n) is 7.84. The van der Waals surface area contributed by atoms with Crippen molar-refractivity contribution in [3.63, 3.8) is 0 Å². The maximum absolute atomic E-state index is 6.17. The third-order valence-electron chi connectivity index (χ3n) is 4.23. The van der Waals surface area contributed by atoms with Crippen LogP contribution in [-0.2, 0) is 0 Å². The highest BCUT2D eigenvalue weighted by atomic mass is 32.3. The monoisotopic (exact) mass is 302 g/mol. The van der Waals surface area contributed by atoms with Crippen molar-refractivity contribution >= 4 is 20.8 Å². The first-order valence-corrected chi connectivity index (χ1v) is 10.2. The Balaban J connectivity index is 2.15. The molecule has 0 spiro atoms. The second-order valence-electron chi connectivity index (χ2n) is 7.21. The van der Waals surface area contributed by atoms with Gasteiger partial charge in [0, 0.05) is 5.39 Å². The van der Waals surface area contributed by atoms with E-state index in [9.17, 15) is 0 Å². The Bertz CT molecular complexity index is 648. The van der Waals surface area contributed by atoms with Crippen molar-refractivity contribution in [3.8, 4) is 5.75 Å². The highest BCUT2D eigenvalue weighted by Gasteiger charge is 2.27. The van der Waals surface area contributed by atoms with Gasteiger partial charge < -0.3 is 4.74 Å². The minimum atomic E-state index is -0.625. The molecule has 0 N–H and O–H groups in total. The maximum atomic E-state index is 6.17. The maximum Gasteiger partial charge on any atom is 0.127 e. The van der Waals surface area contributed by atoms with Gasteiger partial charge in [0.15, 0.2) is 0 Å². The van der Waals surface area contributed by atoms with Crippen molar-refractivity contribution in [1.82, 2.24) is 0 Å². The normalized spacial score (nSPS) is 19.6. The zero-order valence-corrected chi connectivity index (χ0v) is 14.4. The Morgan fingerprint density at radius 2 is 1.52 bits per heavy atom. The lowest BCUT2D eigenvalue weighted by Gasteiger charge is -2.33. The van der Waals surface area contributed by atoms with E-state index in [4.69, 9.17) is 4.74 Å². The molecule has 1 saturated heterocycles. The molecule has 1 aliphatic rings. The zero-order chi connectivity index (χ0) is 15.1. The Hall–Kier alpha value is -1.15. The summed E-state index contributed by atoms with van der Waals surface area (Å²) in [6, 6.07) is 13.3. The lowest BCUT2D eigenvalue weighted by molar-refractivity contribution is 0.133. The van der Waals surface area contributed by atoms with E-state index in [1.165, 1.54) is 35.1 Å². The van der Waals surface area contributed by atoms with Crippen LogP contribution in [0.3, 0.4) is 0 Å². The fourth-order valence-electron chi connectivity index (χ4n) is 3.26. The molecule has 114 valence electrons. The van der Waals surface area contributed by atoms with E-state index in [0.717, 1.165) is 5.75 Å². The number of benzene rings is 2. The van der Waals surface area contributed by atoms with E-state index in [1.54, 1.807) is 4.90 Å². The van der Waals surface area contributed by atoms with Gasteiger partial charge in [0.1, 0.15) is 11.4 Å². The quantitative estimate of drug-likeness (QED) is 0.701. The third kappa shape index (κ3) is 2.91. The summed E-state index contributed by atoms with van der Waals surface area (Å²) in [6.07, 6.45) is 5.28. The summed E-state index contributed by atoms with van der Waals surface area (Å²) in [4.78, 5) is 1.58. The van der Waals surface area contributed by atoms with Crippen molar-refractivity contribution in [3.05, 3.63) is 36.4 Å². The molecular weight excluding hydrogens is 276 g/mol. The second kappa shape index (κ2) is 5.24. The van der Waals surface area contributed by atoms with E-state index in [2.05, 4.69) is 63.4 Å². The number of hydrogen-bond acceptors (Lipinski definition) is 1. The molecule has 21 heavy (non-hydrogen) atoms. The molecule has 1 aliphatic heterocycles. The summed E-state index contributed by atoms with van der Waals surface area (Å²) in [5.74, 6) is 3.79. The summed E-state index contributed by atoms with van der Waals surface area (Å²) in [6.45, 7) is 6.33. The van der Waals surface area contributed by atoms with Gasteiger partial charge >= 0.3 is 0 Å². The van der Waals surface area contributed by atoms with Gasteiger partial charge in [0.05, 0.1) is 0 Å². The molecule has 0 aromatic heterocycles. The van der Waals surface area contributed by atoms with Gasteiger partial charge in [0.2, 0.25) is 0 Å². The predicted molar refractivity (Wildman–Crippen MR) is 95.1 cm³/mol. The molecule has 1 heterocycles. The molecule has 2 aromatic carbocycles. The number of rotatable bonds is 2. The van der Waals surface area contributed by atoms with Crippen LogP contribution >= 0.6 is 10.0 Å². The summed E-state index contributed by atoms with van der Waals surface area (Å²) >= 11 is 0. The molecule has 0 amide bonds. The van der Waals surface area contributed by atoms with E-state index >= 15 is 0 Å². The molecule has 3 rings (SSSR count). The van der Waals surface area contributed by atoms with Crippen molar-refractivity contribution in [2.45, 2.75) is 44.1 Å². The predicted octanol–water partition coefficient (Wildman–Crippen LogP) is 5.60. The van der Waals surface area contributed by atoms with Crippen LogP contribution in [0.4, 0.5) is 0 Å². The molecule has 1 nitrogen and oxygen atoms in total. The second-order valence-corrected chi connectivity index (χ2v) is 11.0. The number of hydrogen-bond donors (Lipinski definition) is 0. The average molecular weight is 302 g/mol. The van der Waals surface area contributed by atoms with Crippen LogP contribution in [0.2, 0.25) is 0 Å². The van der Waals surface area contributed by atoms with E-state index < -0.39 is 10.0 Å². The first-order chi connectivity index (χ1) is 9.89. The number of fused-ring (bicyclic) bond motifs is 1.